The Bertz CT molecular complexity index is 629. The van der Waals surface area contributed by atoms with Crippen molar-refractivity contribution < 1.29 is 4.74 Å². The number of nitrogens with one attached hydrogen (secondary N) is 1. The topological polar surface area (TPSA) is 33.6 Å². The highest BCUT2D eigenvalue weighted by Crippen LogP contribution is 2.24. The van der Waals surface area contributed by atoms with E-state index in [1.807, 2.05) is 30.3 Å². The van der Waals surface area contributed by atoms with E-state index in [9.17, 15) is 0 Å². The first kappa shape index (κ1) is 15.7. The van der Waals surface area contributed by atoms with Gasteiger partial charge in [-0.2, -0.15) is 5.10 Å². The molecule has 3 nitrogen and oxygen atoms in total. The third kappa shape index (κ3) is 4.96. The number of hydrazone groups is 1. The molecule has 0 spiro atoms. The standard InChI is InChI=1S/C16H16Cl2N2O/c1-2-8-21-14-5-3-4-12(9-14)11-19-20-13-6-7-15(17)16(18)10-13/h3-7,9-11,20H,2,8H2,1H3. The Morgan fingerprint density at radius 1 is 1.14 bits per heavy atom. The summed E-state index contributed by atoms with van der Waals surface area (Å²) in [5.41, 5.74) is 4.64. The molecule has 0 amide bonds. The van der Waals surface area contributed by atoms with Crippen LogP contribution in [0.2, 0.25) is 10.0 Å². The van der Waals surface area contributed by atoms with E-state index < -0.39 is 0 Å². The molecule has 0 aliphatic heterocycles. The van der Waals surface area contributed by atoms with Gasteiger partial charge in [-0.25, -0.2) is 0 Å². The van der Waals surface area contributed by atoms with Gasteiger partial charge >= 0.3 is 0 Å². The molecule has 2 aromatic rings. The smallest absolute Gasteiger partial charge is 0.119 e. The van der Waals surface area contributed by atoms with Gasteiger partial charge in [0.05, 0.1) is 28.6 Å². The Balaban J connectivity index is 1.98. The van der Waals surface area contributed by atoms with Crippen molar-refractivity contribution >= 4 is 35.1 Å². The average molecular weight is 323 g/mol. The molecule has 0 atom stereocenters. The summed E-state index contributed by atoms with van der Waals surface area (Å²) in [6.07, 6.45) is 2.71. The van der Waals surface area contributed by atoms with Crippen LogP contribution in [-0.4, -0.2) is 12.8 Å². The monoisotopic (exact) mass is 322 g/mol. The second-order valence-corrected chi connectivity index (χ2v) is 5.23. The first-order valence-electron chi connectivity index (χ1n) is 6.66. The summed E-state index contributed by atoms with van der Waals surface area (Å²) < 4.78 is 5.58. The number of hydrogen-bond acceptors (Lipinski definition) is 3. The highest BCUT2D eigenvalue weighted by atomic mass is 35.5. The lowest BCUT2D eigenvalue weighted by molar-refractivity contribution is 0.317. The predicted molar refractivity (Wildman–Crippen MR) is 89.9 cm³/mol. The lowest BCUT2D eigenvalue weighted by Gasteiger charge is -2.05. The fourth-order valence-corrected chi connectivity index (χ4v) is 1.95. The van der Waals surface area contributed by atoms with Gasteiger partial charge in [-0.15, -0.1) is 0 Å². The molecule has 0 fully saturated rings. The molecule has 1 N–H and O–H groups in total. The van der Waals surface area contributed by atoms with E-state index in [0.717, 1.165) is 23.4 Å². The average Bonchev–Trinajstić information content (AvgIpc) is 2.49. The zero-order valence-corrected chi connectivity index (χ0v) is 13.2. The quantitative estimate of drug-likeness (QED) is 0.583. The van der Waals surface area contributed by atoms with Crippen LogP contribution in [0.3, 0.4) is 0 Å². The van der Waals surface area contributed by atoms with Crippen molar-refractivity contribution in [1.29, 1.82) is 0 Å². The molecule has 2 rings (SSSR count). The normalized spacial score (nSPS) is 10.8. The van der Waals surface area contributed by atoms with Crippen LogP contribution in [0.15, 0.2) is 47.6 Å². The maximum Gasteiger partial charge on any atom is 0.119 e. The summed E-state index contributed by atoms with van der Waals surface area (Å²) in [5.74, 6) is 0.843. The first-order valence-corrected chi connectivity index (χ1v) is 7.41. The fraction of sp³-hybridized carbons (Fsp3) is 0.188. The largest absolute Gasteiger partial charge is 0.494 e. The summed E-state index contributed by atoms with van der Waals surface area (Å²) in [4.78, 5) is 0. The summed E-state index contributed by atoms with van der Waals surface area (Å²) >= 11 is 11.8. The van der Waals surface area contributed by atoms with E-state index in [1.165, 1.54) is 0 Å². The highest BCUT2D eigenvalue weighted by Gasteiger charge is 1.98. The van der Waals surface area contributed by atoms with Crippen molar-refractivity contribution in [1.82, 2.24) is 0 Å². The van der Waals surface area contributed by atoms with E-state index in [2.05, 4.69) is 17.5 Å². The van der Waals surface area contributed by atoms with Crippen molar-refractivity contribution in [3.05, 3.63) is 58.1 Å². The fourth-order valence-electron chi connectivity index (χ4n) is 1.65. The molecule has 0 saturated heterocycles. The third-order valence-corrected chi connectivity index (χ3v) is 3.40. The second-order valence-electron chi connectivity index (χ2n) is 4.42. The van der Waals surface area contributed by atoms with Crippen LogP contribution in [-0.2, 0) is 0 Å². The molecule has 110 valence electrons. The number of hydrogen-bond donors (Lipinski definition) is 1. The van der Waals surface area contributed by atoms with Crippen molar-refractivity contribution in [2.45, 2.75) is 13.3 Å². The van der Waals surface area contributed by atoms with Gasteiger partial charge in [0.25, 0.3) is 0 Å². The molecule has 0 heterocycles. The van der Waals surface area contributed by atoms with Gasteiger partial charge in [-0.1, -0.05) is 42.3 Å². The highest BCUT2D eigenvalue weighted by molar-refractivity contribution is 6.42. The van der Waals surface area contributed by atoms with Crippen LogP contribution in [0.25, 0.3) is 0 Å². The second kappa shape index (κ2) is 7.91. The van der Waals surface area contributed by atoms with Crippen molar-refractivity contribution in [2.24, 2.45) is 5.10 Å². The van der Waals surface area contributed by atoms with Crippen LogP contribution in [0.4, 0.5) is 5.69 Å². The van der Waals surface area contributed by atoms with E-state index in [1.54, 1.807) is 18.3 Å². The SMILES string of the molecule is CCCOc1cccc(C=NNc2ccc(Cl)c(Cl)c2)c1. The van der Waals surface area contributed by atoms with Crippen LogP contribution >= 0.6 is 23.2 Å². The van der Waals surface area contributed by atoms with Crippen LogP contribution in [0.5, 0.6) is 5.75 Å². The molecule has 5 heteroatoms. The number of rotatable bonds is 6. The lowest BCUT2D eigenvalue weighted by Crippen LogP contribution is -1.96. The molecule has 2 aromatic carbocycles. The van der Waals surface area contributed by atoms with E-state index >= 15 is 0 Å². The molecular formula is C16H16Cl2N2O. The van der Waals surface area contributed by atoms with Crippen molar-refractivity contribution in [3.8, 4) is 5.75 Å². The summed E-state index contributed by atoms with van der Waals surface area (Å²) in [7, 11) is 0. The Morgan fingerprint density at radius 3 is 2.76 bits per heavy atom. The Kier molecular flexibility index (Phi) is 5.90. The summed E-state index contributed by atoms with van der Waals surface area (Å²) in [5, 5.41) is 5.18. The van der Waals surface area contributed by atoms with Gasteiger partial charge in [0, 0.05) is 0 Å². The molecule has 0 bridgehead atoms. The number of ether oxygens (including phenoxy) is 1. The van der Waals surface area contributed by atoms with Gasteiger partial charge in [0.15, 0.2) is 0 Å². The first-order chi connectivity index (χ1) is 10.2. The minimum Gasteiger partial charge on any atom is -0.494 e. The number of halogens is 2. The molecular weight excluding hydrogens is 307 g/mol. The van der Waals surface area contributed by atoms with Crippen LogP contribution in [0, 0.1) is 0 Å². The van der Waals surface area contributed by atoms with Crippen LogP contribution in [0.1, 0.15) is 18.9 Å². The number of nitrogens with zero attached hydrogens (tertiary/aromatic N) is 1. The molecule has 0 aromatic heterocycles. The Hall–Kier alpha value is -1.71. The molecule has 0 aliphatic carbocycles. The summed E-state index contributed by atoms with van der Waals surface area (Å²) in [6, 6.07) is 13.0. The van der Waals surface area contributed by atoms with Gasteiger partial charge in [-0.3, -0.25) is 5.43 Å². The number of benzene rings is 2. The molecule has 21 heavy (non-hydrogen) atoms. The zero-order chi connectivity index (χ0) is 15.1. The maximum absolute atomic E-state index is 5.94. The third-order valence-electron chi connectivity index (χ3n) is 2.66. The van der Waals surface area contributed by atoms with Gasteiger partial charge in [-0.05, 0) is 42.3 Å². The molecule has 0 unspecified atom stereocenters. The maximum atomic E-state index is 5.94. The molecule has 0 radical (unpaired) electrons. The Labute approximate surface area is 134 Å². The van der Waals surface area contributed by atoms with E-state index in [-0.39, 0.29) is 0 Å². The van der Waals surface area contributed by atoms with Crippen LogP contribution < -0.4 is 10.2 Å². The lowest BCUT2D eigenvalue weighted by atomic mass is 10.2. The van der Waals surface area contributed by atoms with E-state index in [4.69, 9.17) is 27.9 Å². The van der Waals surface area contributed by atoms with E-state index in [0.29, 0.717) is 16.7 Å². The van der Waals surface area contributed by atoms with Gasteiger partial charge < -0.3 is 4.74 Å². The summed E-state index contributed by atoms with van der Waals surface area (Å²) in [6.45, 7) is 2.79. The minimum atomic E-state index is 0.492. The van der Waals surface area contributed by atoms with Gasteiger partial charge in [0.2, 0.25) is 0 Å². The Morgan fingerprint density at radius 2 is 2.00 bits per heavy atom. The molecule has 0 aliphatic rings. The number of anilines is 1. The minimum absolute atomic E-state index is 0.492. The zero-order valence-electron chi connectivity index (χ0n) is 11.6. The van der Waals surface area contributed by atoms with Gasteiger partial charge in [0.1, 0.15) is 5.75 Å². The molecule has 0 saturated carbocycles. The van der Waals surface area contributed by atoms with Crippen molar-refractivity contribution in [2.75, 3.05) is 12.0 Å². The van der Waals surface area contributed by atoms with Crippen molar-refractivity contribution in [3.63, 3.8) is 0 Å². The predicted octanol–water partition coefficient (Wildman–Crippen LogP) is 5.23.